The van der Waals surface area contributed by atoms with Crippen LogP contribution >= 0.6 is 11.8 Å². The smallest absolute Gasteiger partial charge is 0.408 e. The van der Waals surface area contributed by atoms with Gasteiger partial charge in [0.2, 0.25) is 11.2 Å². The summed E-state index contributed by atoms with van der Waals surface area (Å²) in [6, 6.07) is -0.799. The van der Waals surface area contributed by atoms with E-state index in [0.29, 0.717) is 0 Å². The van der Waals surface area contributed by atoms with Crippen molar-refractivity contribution in [2.75, 3.05) is 6.26 Å². The van der Waals surface area contributed by atoms with E-state index < -0.39 is 34.9 Å². The number of ketones is 1. The maximum Gasteiger partial charge on any atom is 0.408 e. The minimum absolute atomic E-state index is 0.395. The molecule has 0 aliphatic rings. The second-order valence-corrected chi connectivity index (χ2v) is 5.85. The van der Waals surface area contributed by atoms with E-state index in [1.807, 2.05) is 0 Å². The number of carbonyl (C=O) groups is 3. The molecule has 2 atom stereocenters. The molecule has 1 N–H and O–H groups in total. The lowest BCUT2D eigenvalue weighted by Gasteiger charge is -2.23. The Hall–Kier alpha value is -1.24. The number of esters is 1. The Morgan fingerprint density at radius 1 is 1.21 bits per heavy atom. The van der Waals surface area contributed by atoms with Gasteiger partial charge in [0.25, 0.3) is 0 Å². The first-order valence-electron chi connectivity index (χ1n) is 5.80. The quantitative estimate of drug-likeness (QED) is 0.613. The number of alkyl carbamates (subject to hydrolysis) is 1. The fraction of sp³-hybridized carbons (Fsp3) is 0.750. The van der Waals surface area contributed by atoms with Gasteiger partial charge in [-0.3, -0.25) is 9.59 Å². The molecule has 1 amide bonds. The molecule has 0 aliphatic carbocycles. The molecule has 0 aliphatic heterocycles. The average molecular weight is 291 g/mol. The monoisotopic (exact) mass is 291 g/mol. The Morgan fingerprint density at radius 2 is 1.74 bits per heavy atom. The first-order valence-corrected chi connectivity index (χ1v) is 7.09. The van der Waals surface area contributed by atoms with E-state index in [-0.39, 0.29) is 0 Å². The van der Waals surface area contributed by atoms with Crippen molar-refractivity contribution >= 4 is 29.6 Å². The second-order valence-electron chi connectivity index (χ2n) is 4.95. The van der Waals surface area contributed by atoms with E-state index in [4.69, 9.17) is 9.47 Å². The molecule has 6 nitrogen and oxygen atoms in total. The lowest BCUT2D eigenvalue weighted by atomic mass is 10.2. The number of Topliss-reactive ketones (excluding diaryl/α,β-unsaturated/α-hetero) is 1. The van der Waals surface area contributed by atoms with Crippen LogP contribution in [-0.2, 0) is 19.1 Å². The number of nitrogens with one attached hydrogen (secondary N) is 1. The van der Waals surface area contributed by atoms with E-state index in [0.717, 1.165) is 11.8 Å². The summed E-state index contributed by atoms with van der Waals surface area (Å²) in [4.78, 5) is 34.3. The van der Waals surface area contributed by atoms with Crippen LogP contribution in [-0.4, -0.2) is 41.2 Å². The molecule has 0 radical (unpaired) electrons. The molecule has 0 spiro atoms. The normalized spacial score (nSPS) is 14.2. The van der Waals surface area contributed by atoms with Crippen LogP contribution < -0.4 is 5.32 Å². The van der Waals surface area contributed by atoms with Crippen molar-refractivity contribution in [3.63, 3.8) is 0 Å². The minimum atomic E-state index is -0.928. The molecular weight excluding hydrogens is 270 g/mol. The summed E-state index contributed by atoms with van der Waals surface area (Å²) in [5.41, 5.74) is -1.57. The van der Waals surface area contributed by atoms with Crippen molar-refractivity contribution in [1.82, 2.24) is 5.32 Å². The average Bonchev–Trinajstić information content (AvgIpc) is 2.21. The third-order valence-electron chi connectivity index (χ3n) is 1.88. The number of rotatable bonds is 5. The van der Waals surface area contributed by atoms with Crippen LogP contribution in [0.3, 0.4) is 0 Å². The molecule has 0 aromatic rings. The lowest BCUT2D eigenvalue weighted by Crippen LogP contribution is -2.45. The zero-order valence-corrected chi connectivity index (χ0v) is 12.9. The van der Waals surface area contributed by atoms with Gasteiger partial charge in [0.05, 0.1) is 6.04 Å². The maximum absolute atomic E-state index is 11.9. The van der Waals surface area contributed by atoms with Gasteiger partial charge in [-0.05, 0) is 34.0 Å². The van der Waals surface area contributed by atoms with Crippen molar-refractivity contribution in [2.45, 2.75) is 51.7 Å². The second kappa shape index (κ2) is 7.37. The molecule has 0 rings (SSSR count). The maximum atomic E-state index is 11.9. The van der Waals surface area contributed by atoms with Gasteiger partial charge >= 0.3 is 12.1 Å². The van der Waals surface area contributed by atoms with Gasteiger partial charge in [0, 0.05) is 6.92 Å². The largest absolute Gasteiger partial charge is 0.444 e. The Balaban J connectivity index is 4.47. The number of amides is 1. The van der Waals surface area contributed by atoms with Crippen molar-refractivity contribution in [1.29, 1.82) is 0 Å². The Labute approximate surface area is 117 Å². The number of carbonyl (C=O) groups excluding carboxylic acids is 3. The molecule has 0 aromatic carbocycles. The van der Waals surface area contributed by atoms with Gasteiger partial charge in [-0.2, -0.15) is 0 Å². The minimum Gasteiger partial charge on any atom is -0.444 e. The first kappa shape index (κ1) is 17.8. The van der Waals surface area contributed by atoms with E-state index in [2.05, 4.69) is 5.32 Å². The molecule has 19 heavy (non-hydrogen) atoms. The van der Waals surface area contributed by atoms with Crippen molar-refractivity contribution in [2.24, 2.45) is 0 Å². The van der Waals surface area contributed by atoms with Crippen LogP contribution in [0.5, 0.6) is 0 Å². The zero-order valence-electron chi connectivity index (χ0n) is 12.1. The van der Waals surface area contributed by atoms with Crippen LogP contribution in [0.25, 0.3) is 0 Å². The Morgan fingerprint density at radius 3 is 2.11 bits per heavy atom. The molecule has 0 saturated carbocycles. The zero-order chi connectivity index (χ0) is 15.2. The fourth-order valence-corrected chi connectivity index (χ4v) is 1.80. The molecule has 7 heteroatoms. The number of thioether (sulfide) groups is 1. The topological polar surface area (TPSA) is 81.7 Å². The standard InChI is InChI=1S/C12H21NO5S/c1-7(13-11(16)18-12(3,4)5)9(15)10(19-6)17-8(2)14/h7,10H,1-6H3,(H,13,16)/t7-,10?/m0/s1. The molecule has 110 valence electrons. The SMILES string of the molecule is CSC(OC(C)=O)C(=O)[C@H](C)NC(=O)OC(C)(C)C. The number of hydrogen-bond acceptors (Lipinski definition) is 6. The van der Waals surface area contributed by atoms with E-state index >= 15 is 0 Å². The summed E-state index contributed by atoms with van der Waals surface area (Å²) in [5.74, 6) is -0.939. The fourth-order valence-electron chi connectivity index (χ4n) is 1.13. The number of hydrogen-bond donors (Lipinski definition) is 1. The van der Waals surface area contributed by atoms with Gasteiger partial charge < -0.3 is 14.8 Å². The van der Waals surface area contributed by atoms with Crippen LogP contribution in [0.1, 0.15) is 34.6 Å². The van der Waals surface area contributed by atoms with Crippen LogP contribution in [0.15, 0.2) is 0 Å². The highest BCUT2D eigenvalue weighted by atomic mass is 32.2. The van der Waals surface area contributed by atoms with Gasteiger partial charge in [-0.1, -0.05) is 0 Å². The molecule has 1 unspecified atom stereocenters. The van der Waals surface area contributed by atoms with Gasteiger partial charge in [-0.15, -0.1) is 11.8 Å². The first-order chi connectivity index (χ1) is 8.56. The predicted octanol–water partition coefficient (Wildman–Crippen LogP) is 1.72. The highest BCUT2D eigenvalue weighted by Gasteiger charge is 2.28. The third-order valence-corrected chi connectivity index (χ3v) is 2.64. The van der Waals surface area contributed by atoms with Gasteiger partial charge in [-0.25, -0.2) is 4.79 Å². The molecule has 0 bridgehead atoms. The molecule has 0 fully saturated rings. The van der Waals surface area contributed by atoms with Crippen molar-refractivity contribution in [3.8, 4) is 0 Å². The molecule has 0 saturated heterocycles. The van der Waals surface area contributed by atoms with E-state index in [1.165, 1.54) is 13.8 Å². The summed E-state index contributed by atoms with van der Waals surface area (Å²) in [5, 5.41) is 2.41. The number of ether oxygens (including phenoxy) is 2. The lowest BCUT2D eigenvalue weighted by molar-refractivity contribution is -0.148. The van der Waals surface area contributed by atoms with Gasteiger partial charge in [0.15, 0.2) is 0 Å². The highest BCUT2D eigenvalue weighted by Crippen LogP contribution is 2.13. The molecule has 0 aromatic heterocycles. The molecular formula is C12H21NO5S. The summed E-state index contributed by atoms with van der Waals surface area (Å²) in [6.07, 6.45) is 0.960. The van der Waals surface area contributed by atoms with E-state index in [1.54, 1.807) is 27.0 Å². The van der Waals surface area contributed by atoms with Crippen molar-refractivity contribution in [3.05, 3.63) is 0 Å². The van der Waals surface area contributed by atoms with Crippen LogP contribution in [0.2, 0.25) is 0 Å². The summed E-state index contributed by atoms with van der Waals surface area (Å²) >= 11 is 1.09. The van der Waals surface area contributed by atoms with Crippen LogP contribution in [0, 0.1) is 0 Å². The molecule has 0 heterocycles. The summed E-state index contributed by atoms with van der Waals surface area (Å²) in [6.45, 7) is 7.91. The van der Waals surface area contributed by atoms with E-state index in [9.17, 15) is 14.4 Å². The van der Waals surface area contributed by atoms with Crippen molar-refractivity contribution < 1.29 is 23.9 Å². The Bertz CT molecular complexity index is 351. The summed E-state index contributed by atoms with van der Waals surface area (Å²) in [7, 11) is 0. The predicted molar refractivity (Wildman–Crippen MR) is 72.9 cm³/mol. The summed E-state index contributed by atoms with van der Waals surface area (Å²) < 4.78 is 9.88. The third kappa shape index (κ3) is 7.71. The van der Waals surface area contributed by atoms with Crippen LogP contribution in [0.4, 0.5) is 4.79 Å². The van der Waals surface area contributed by atoms with Gasteiger partial charge in [0.1, 0.15) is 5.60 Å². The Kier molecular flexibility index (Phi) is 6.89. The highest BCUT2D eigenvalue weighted by molar-refractivity contribution is 7.99.